The third-order valence-corrected chi connectivity index (χ3v) is 4.06. The van der Waals surface area contributed by atoms with Gasteiger partial charge in [0.1, 0.15) is 0 Å². The number of aliphatic hydroxyl groups is 1. The quantitative estimate of drug-likeness (QED) is 0.657. The highest BCUT2D eigenvalue weighted by atomic mass is 32.2. The first kappa shape index (κ1) is 9.36. The zero-order valence-electron chi connectivity index (χ0n) is 7.05. The summed E-state index contributed by atoms with van der Waals surface area (Å²) in [7, 11) is 0. The molecule has 1 fully saturated rings. The molecular formula is C8H17NOS. The van der Waals surface area contributed by atoms with E-state index in [1.165, 1.54) is 18.6 Å². The van der Waals surface area contributed by atoms with Crippen LogP contribution in [0.5, 0.6) is 0 Å². The molecule has 0 saturated carbocycles. The molecule has 1 aliphatic heterocycles. The Bertz CT molecular complexity index is 123. The van der Waals surface area contributed by atoms with E-state index in [1.807, 2.05) is 11.8 Å². The number of hydrogen-bond donors (Lipinski definition) is 2. The smallest absolute Gasteiger partial charge is 0.0806 e. The van der Waals surface area contributed by atoms with Crippen LogP contribution in [0.2, 0.25) is 0 Å². The van der Waals surface area contributed by atoms with Gasteiger partial charge in [0.05, 0.1) is 6.10 Å². The number of nitrogens with two attached hydrogens (primary N) is 1. The molecule has 1 heterocycles. The molecule has 11 heavy (non-hydrogen) atoms. The zero-order valence-corrected chi connectivity index (χ0v) is 7.86. The first-order valence-electron chi connectivity index (χ1n) is 4.21. The van der Waals surface area contributed by atoms with E-state index in [0.717, 1.165) is 6.42 Å². The number of rotatable bonds is 2. The van der Waals surface area contributed by atoms with Gasteiger partial charge in [-0.3, -0.25) is 0 Å². The lowest BCUT2D eigenvalue weighted by Gasteiger charge is -2.36. The molecule has 3 heteroatoms. The van der Waals surface area contributed by atoms with Crippen LogP contribution in [0.4, 0.5) is 0 Å². The van der Waals surface area contributed by atoms with Crippen molar-refractivity contribution < 1.29 is 5.11 Å². The molecule has 2 unspecified atom stereocenters. The molecule has 1 rings (SSSR count). The van der Waals surface area contributed by atoms with E-state index in [-0.39, 0.29) is 10.9 Å². The van der Waals surface area contributed by atoms with Crippen LogP contribution in [0.1, 0.15) is 26.2 Å². The zero-order chi connectivity index (χ0) is 8.32. The van der Waals surface area contributed by atoms with Crippen LogP contribution in [-0.2, 0) is 0 Å². The maximum Gasteiger partial charge on any atom is 0.0806 e. The van der Waals surface area contributed by atoms with Crippen molar-refractivity contribution >= 4 is 11.8 Å². The average Bonchev–Trinajstić information content (AvgIpc) is 2.04. The summed E-state index contributed by atoms with van der Waals surface area (Å²) in [6, 6.07) is 0. The fraction of sp³-hybridized carbons (Fsp3) is 1.00. The lowest BCUT2D eigenvalue weighted by Crippen LogP contribution is -2.43. The van der Waals surface area contributed by atoms with Crippen LogP contribution in [0.3, 0.4) is 0 Å². The Morgan fingerprint density at radius 2 is 2.36 bits per heavy atom. The van der Waals surface area contributed by atoms with Crippen molar-refractivity contribution in [3.8, 4) is 0 Å². The minimum atomic E-state index is -0.326. The maximum absolute atomic E-state index is 9.60. The van der Waals surface area contributed by atoms with Gasteiger partial charge in [-0.1, -0.05) is 6.42 Å². The molecule has 1 aliphatic rings. The van der Waals surface area contributed by atoms with E-state index < -0.39 is 0 Å². The SMILES string of the molecule is CC1(C(O)CN)CCCCS1. The normalized spacial score (nSPS) is 35.2. The second-order valence-electron chi connectivity index (χ2n) is 3.37. The van der Waals surface area contributed by atoms with E-state index in [9.17, 15) is 5.11 Å². The Morgan fingerprint density at radius 1 is 1.64 bits per heavy atom. The van der Waals surface area contributed by atoms with Crippen molar-refractivity contribution in [2.45, 2.75) is 37.0 Å². The minimum absolute atomic E-state index is 0.0347. The summed E-state index contributed by atoms with van der Waals surface area (Å²) >= 11 is 1.87. The van der Waals surface area contributed by atoms with Crippen molar-refractivity contribution in [3.05, 3.63) is 0 Å². The molecule has 0 bridgehead atoms. The Labute approximate surface area is 72.5 Å². The predicted molar refractivity (Wildman–Crippen MR) is 49.8 cm³/mol. The van der Waals surface area contributed by atoms with Crippen molar-refractivity contribution in [1.82, 2.24) is 0 Å². The van der Waals surface area contributed by atoms with E-state index in [0.29, 0.717) is 6.54 Å². The van der Waals surface area contributed by atoms with Gasteiger partial charge in [-0.05, 0) is 25.5 Å². The maximum atomic E-state index is 9.60. The molecule has 0 aromatic rings. The summed E-state index contributed by atoms with van der Waals surface area (Å²) in [4.78, 5) is 0. The number of thioether (sulfide) groups is 1. The Kier molecular flexibility index (Phi) is 3.22. The molecular weight excluding hydrogens is 158 g/mol. The van der Waals surface area contributed by atoms with Crippen LogP contribution in [0.25, 0.3) is 0 Å². The molecule has 0 aliphatic carbocycles. The monoisotopic (exact) mass is 175 g/mol. The molecule has 1 saturated heterocycles. The molecule has 0 amide bonds. The van der Waals surface area contributed by atoms with Gasteiger partial charge >= 0.3 is 0 Å². The van der Waals surface area contributed by atoms with Gasteiger partial charge in [0.2, 0.25) is 0 Å². The van der Waals surface area contributed by atoms with Gasteiger partial charge < -0.3 is 10.8 Å². The highest BCUT2D eigenvalue weighted by molar-refractivity contribution is 8.00. The molecule has 0 aromatic heterocycles. The van der Waals surface area contributed by atoms with Crippen LogP contribution in [-0.4, -0.2) is 28.3 Å². The third kappa shape index (κ3) is 2.10. The minimum Gasteiger partial charge on any atom is -0.390 e. The first-order valence-corrected chi connectivity index (χ1v) is 5.20. The van der Waals surface area contributed by atoms with Crippen LogP contribution < -0.4 is 5.73 Å². The molecule has 2 nitrogen and oxygen atoms in total. The second kappa shape index (κ2) is 3.78. The van der Waals surface area contributed by atoms with E-state index in [2.05, 4.69) is 6.92 Å². The lowest BCUT2D eigenvalue weighted by molar-refractivity contribution is 0.135. The fourth-order valence-corrected chi connectivity index (χ4v) is 2.86. The van der Waals surface area contributed by atoms with Crippen molar-refractivity contribution in [2.75, 3.05) is 12.3 Å². The second-order valence-corrected chi connectivity index (χ2v) is 5.00. The van der Waals surface area contributed by atoms with Crippen molar-refractivity contribution in [2.24, 2.45) is 5.73 Å². The predicted octanol–water partition coefficient (Wildman–Crippen LogP) is 0.982. The van der Waals surface area contributed by atoms with Crippen molar-refractivity contribution in [1.29, 1.82) is 0 Å². The van der Waals surface area contributed by atoms with Crippen LogP contribution in [0.15, 0.2) is 0 Å². The molecule has 0 spiro atoms. The summed E-state index contributed by atoms with van der Waals surface area (Å²) in [5, 5.41) is 9.60. The topological polar surface area (TPSA) is 46.2 Å². The summed E-state index contributed by atoms with van der Waals surface area (Å²) in [6.07, 6.45) is 3.31. The molecule has 0 radical (unpaired) electrons. The summed E-state index contributed by atoms with van der Waals surface area (Å²) < 4.78 is 0.0347. The first-order chi connectivity index (χ1) is 5.19. The summed E-state index contributed by atoms with van der Waals surface area (Å²) in [5.41, 5.74) is 5.42. The largest absolute Gasteiger partial charge is 0.390 e. The van der Waals surface area contributed by atoms with Crippen LogP contribution in [0, 0.1) is 0 Å². The number of aliphatic hydroxyl groups excluding tert-OH is 1. The van der Waals surface area contributed by atoms with Gasteiger partial charge in [-0.15, -0.1) is 0 Å². The van der Waals surface area contributed by atoms with Gasteiger partial charge in [0.15, 0.2) is 0 Å². The van der Waals surface area contributed by atoms with Crippen LogP contribution >= 0.6 is 11.8 Å². The summed E-state index contributed by atoms with van der Waals surface area (Å²) in [5.74, 6) is 1.17. The van der Waals surface area contributed by atoms with E-state index >= 15 is 0 Å². The molecule has 66 valence electrons. The van der Waals surface area contributed by atoms with E-state index in [4.69, 9.17) is 5.73 Å². The molecule has 0 aromatic carbocycles. The fourth-order valence-electron chi connectivity index (χ4n) is 1.47. The standard InChI is InChI=1S/C8H17NOS/c1-8(7(10)6-9)4-2-3-5-11-8/h7,10H,2-6,9H2,1H3. The lowest BCUT2D eigenvalue weighted by atomic mass is 9.96. The third-order valence-electron chi connectivity index (χ3n) is 2.43. The van der Waals surface area contributed by atoms with Gasteiger partial charge in [-0.25, -0.2) is 0 Å². The highest BCUT2D eigenvalue weighted by Gasteiger charge is 2.33. The number of hydrogen-bond acceptors (Lipinski definition) is 3. The van der Waals surface area contributed by atoms with Gasteiger partial charge in [-0.2, -0.15) is 11.8 Å². The van der Waals surface area contributed by atoms with Gasteiger partial charge in [0, 0.05) is 11.3 Å². The molecule has 3 N–H and O–H groups in total. The van der Waals surface area contributed by atoms with E-state index in [1.54, 1.807) is 0 Å². The molecule has 2 atom stereocenters. The van der Waals surface area contributed by atoms with Gasteiger partial charge in [0.25, 0.3) is 0 Å². The average molecular weight is 175 g/mol. The Hall–Kier alpha value is 0.270. The summed E-state index contributed by atoms with van der Waals surface area (Å²) in [6.45, 7) is 2.51. The Morgan fingerprint density at radius 3 is 2.82 bits per heavy atom. The highest BCUT2D eigenvalue weighted by Crippen LogP contribution is 2.38. The van der Waals surface area contributed by atoms with Crippen molar-refractivity contribution in [3.63, 3.8) is 0 Å². The Balaban J connectivity index is 2.49.